The average molecular weight is 260 g/mol. The summed E-state index contributed by atoms with van der Waals surface area (Å²) in [4.78, 5) is 13.2. The smallest absolute Gasteiger partial charge is 0.309 e. The summed E-state index contributed by atoms with van der Waals surface area (Å²) in [6.45, 7) is 2.35. The molecule has 0 spiro atoms. The first kappa shape index (κ1) is 11.7. The van der Waals surface area contributed by atoms with E-state index >= 15 is 0 Å². The molecule has 2 aromatic rings. The number of fused-ring (bicyclic) bond motifs is 3. The van der Waals surface area contributed by atoms with Crippen LogP contribution in [0.5, 0.6) is 0 Å². The predicted molar refractivity (Wildman–Crippen MR) is 74.0 cm³/mol. The Morgan fingerprint density at radius 2 is 2.28 bits per heavy atom. The minimum Gasteiger partial charge on any atom is -0.466 e. The summed E-state index contributed by atoms with van der Waals surface area (Å²) in [5.41, 5.74) is 1.45. The van der Waals surface area contributed by atoms with E-state index in [1.807, 2.05) is 18.3 Å². The molecule has 1 aliphatic rings. The normalized spacial score (nSPS) is 18.6. The van der Waals surface area contributed by atoms with Gasteiger partial charge in [-0.05, 0) is 43.2 Å². The van der Waals surface area contributed by atoms with Gasteiger partial charge in [-0.2, -0.15) is 0 Å². The highest BCUT2D eigenvalue weighted by atomic mass is 32.1. The maximum absolute atomic E-state index is 11.8. The summed E-state index contributed by atoms with van der Waals surface area (Å²) >= 11 is 1.83. The molecule has 0 saturated carbocycles. The Kier molecular flexibility index (Phi) is 3.08. The van der Waals surface area contributed by atoms with Crippen LogP contribution < -0.4 is 0 Å². The van der Waals surface area contributed by atoms with E-state index in [4.69, 9.17) is 4.74 Å². The van der Waals surface area contributed by atoms with Crippen LogP contribution >= 0.6 is 11.3 Å². The fourth-order valence-corrected chi connectivity index (χ4v) is 4.03. The van der Waals surface area contributed by atoms with Crippen LogP contribution in [0.4, 0.5) is 0 Å². The maximum atomic E-state index is 11.8. The second-order valence-electron chi connectivity index (χ2n) is 4.69. The molecule has 2 nitrogen and oxygen atoms in total. The Balaban J connectivity index is 1.91. The lowest BCUT2D eigenvalue weighted by Gasteiger charge is -2.20. The number of esters is 1. The Morgan fingerprint density at radius 1 is 1.44 bits per heavy atom. The third kappa shape index (κ3) is 1.93. The van der Waals surface area contributed by atoms with Crippen LogP contribution in [-0.4, -0.2) is 12.6 Å². The van der Waals surface area contributed by atoms with Crippen LogP contribution in [-0.2, 0) is 22.4 Å². The first-order valence-corrected chi connectivity index (χ1v) is 7.27. The van der Waals surface area contributed by atoms with Crippen LogP contribution in [0.1, 0.15) is 23.8 Å². The van der Waals surface area contributed by atoms with Crippen LogP contribution in [0.15, 0.2) is 24.3 Å². The van der Waals surface area contributed by atoms with Crippen molar-refractivity contribution in [2.75, 3.05) is 6.61 Å². The van der Waals surface area contributed by atoms with Gasteiger partial charge in [0.2, 0.25) is 0 Å². The molecule has 0 saturated heterocycles. The molecule has 1 atom stereocenters. The minimum atomic E-state index is -0.0272. The van der Waals surface area contributed by atoms with E-state index < -0.39 is 0 Å². The quantitative estimate of drug-likeness (QED) is 0.772. The van der Waals surface area contributed by atoms with Gasteiger partial charge in [0.15, 0.2) is 0 Å². The molecule has 3 heteroatoms. The van der Waals surface area contributed by atoms with E-state index in [1.54, 1.807) is 0 Å². The van der Waals surface area contributed by atoms with Crippen LogP contribution in [0, 0.1) is 5.92 Å². The molecule has 94 valence electrons. The SMILES string of the molecule is CCOC(=O)C1CCc2c(sc3ccccc23)C1. The lowest BCUT2D eigenvalue weighted by molar-refractivity contribution is -0.148. The number of rotatable bonds is 2. The number of aryl methyl sites for hydroxylation is 1. The summed E-state index contributed by atoms with van der Waals surface area (Å²) in [5.74, 6) is 0.0334. The van der Waals surface area contributed by atoms with Crippen molar-refractivity contribution >= 4 is 27.4 Å². The number of carbonyl (C=O) groups is 1. The third-order valence-electron chi connectivity index (χ3n) is 3.58. The van der Waals surface area contributed by atoms with Gasteiger partial charge in [0.05, 0.1) is 12.5 Å². The minimum absolute atomic E-state index is 0.0272. The summed E-state index contributed by atoms with van der Waals surface area (Å²) in [6, 6.07) is 8.52. The molecule has 1 unspecified atom stereocenters. The Morgan fingerprint density at radius 3 is 3.11 bits per heavy atom. The monoisotopic (exact) mass is 260 g/mol. The molecule has 18 heavy (non-hydrogen) atoms. The van der Waals surface area contributed by atoms with E-state index in [9.17, 15) is 4.79 Å². The highest BCUT2D eigenvalue weighted by molar-refractivity contribution is 7.19. The number of benzene rings is 1. The predicted octanol–water partition coefficient (Wildman–Crippen LogP) is 3.57. The van der Waals surface area contributed by atoms with Crippen molar-refractivity contribution in [3.8, 4) is 0 Å². The van der Waals surface area contributed by atoms with Gasteiger partial charge in [-0.3, -0.25) is 4.79 Å². The van der Waals surface area contributed by atoms with Gasteiger partial charge in [-0.1, -0.05) is 18.2 Å². The molecule has 1 aliphatic carbocycles. The van der Waals surface area contributed by atoms with Crippen molar-refractivity contribution in [2.45, 2.75) is 26.2 Å². The van der Waals surface area contributed by atoms with Crippen LogP contribution in [0.3, 0.4) is 0 Å². The van der Waals surface area contributed by atoms with Crippen LogP contribution in [0.2, 0.25) is 0 Å². The van der Waals surface area contributed by atoms with E-state index in [0.717, 1.165) is 19.3 Å². The highest BCUT2D eigenvalue weighted by Crippen LogP contribution is 2.38. The first-order chi connectivity index (χ1) is 8.79. The molecule has 3 rings (SSSR count). The molecule has 0 amide bonds. The second-order valence-corrected chi connectivity index (χ2v) is 5.83. The van der Waals surface area contributed by atoms with Crippen molar-refractivity contribution in [3.63, 3.8) is 0 Å². The number of ether oxygens (including phenoxy) is 1. The van der Waals surface area contributed by atoms with Gasteiger partial charge in [0.25, 0.3) is 0 Å². The van der Waals surface area contributed by atoms with Gasteiger partial charge >= 0.3 is 5.97 Å². The van der Waals surface area contributed by atoms with Gasteiger partial charge in [0, 0.05) is 9.58 Å². The second kappa shape index (κ2) is 4.73. The fourth-order valence-electron chi connectivity index (χ4n) is 2.69. The molecule has 1 aromatic carbocycles. The topological polar surface area (TPSA) is 26.3 Å². The number of hydrogen-bond acceptors (Lipinski definition) is 3. The Labute approximate surface area is 111 Å². The van der Waals surface area contributed by atoms with E-state index in [-0.39, 0.29) is 11.9 Å². The van der Waals surface area contributed by atoms with Crippen molar-refractivity contribution < 1.29 is 9.53 Å². The molecule has 0 N–H and O–H groups in total. The summed E-state index contributed by atoms with van der Waals surface area (Å²) in [7, 11) is 0. The molecule has 1 heterocycles. The molecule has 0 bridgehead atoms. The van der Waals surface area contributed by atoms with Crippen molar-refractivity contribution in [1.29, 1.82) is 0 Å². The van der Waals surface area contributed by atoms with Gasteiger partial charge in [-0.15, -0.1) is 11.3 Å². The lowest BCUT2D eigenvalue weighted by atomic mass is 9.87. The summed E-state index contributed by atoms with van der Waals surface area (Å²) in [6.07, 6.45) is 2.78. The molecule has 1 aromatic heterocycles. The van der Waals surface area contributed by atoms with E-state index in [2.05, 4.69) is 24.3 Å². The Hall–Kier alpha value is -1.35. The van der Waals surface area contributed by atoms with E-state index in [1.165, 1.54) is 20.5 Å². The van der Waals surface area contributed by atoms with Crippen LogP contribution in [0.25, 0.3) is 10.1 Å². The zero-order valence-corrected chi connectivity index (χ0v) is 11.3. The van der Waals surface area contributed by atoms with Gasteiger partial charge in [-0.25, -0.2) is 0 Å². The highest BCUT2D eigenvalue weighted by Gasteiger charge is 2.28. The molecule has 0 radical (unpaired) electrons. The zero-order valence-electron chi connectivity index (χ0n) is 10.4. The van der Waals surface area contributed by atoms with Gasteiger partial charge < -0.3 is 4.74 Å². The number of thiophene rings is 1. The van der Waals surface area contributed by atoms with Crippen molar-refractivity contribution in [3.05, 3.63) is 34.7 Å². The Bertz CT molecular complexity index is 585. The lowest BCUT2D eigenvalue weighted by Crippen LogP contribution is -2.23. The molecule has 0 aliphatic heterocycles. The van der Waals surface area contributed by atoms with E-state index in [0.29, 0.717) is 6.61 Å². The summed E-state index contributed by atoms with van der Waals surface area (Å²) in [5, 5.41) is 1.37. The standard InChI is InChI=1S/C15H16O2S/c1-2-17-15(16)10-7-8-12-11-5-3-4-6-13(11)18-14(12)9-10/h3-6,10H,2,7-9H2,1H3. The fraction of sp³-hybridized carbons (Fsp3) is 0.400. The number of hydrogen-bond donors (Lipinski definition) is 0. The average Bonchev–Trinajstić information content (AvgIpc) is 2.76. The number of carbonyl (C=O) groups excluding carboxylic acids is 1. The first-order valence-electron chi connectivity index (χ1n) is 6.45. The summed E-state index contributed by atoms with van der Waals surface area (Å²) < 4.78 is 6.48. The molecular weight excluding hydrogens is 244 g/mol. The zero-order chi connectivity index (χ0) is 12.5. The third-order valence-corrected chi connectivity index (χ3v) is 4.81. The van der Waals surface area contributed by atoms with Crippen molar-refractivity contribution in [1.82, 2.24) is 0 Å². The molecule has 0 fully saturated rings. The molecular formula is C15H16O2S. The van der Waals surface area contributed by atoms with Crippen molar-refractivity contribution in [2.24, 2.45) is 5.92 Å². The largest absolute Gasteiger partial charge is 0.466 e. The van der Waals surface area contributed by atoms with Gasteiger partial charge in [0.1, 0.15) is 0 Å². The maximum Gasteiger partial charge on any atom is 0.309 e.